The SMILES string of the molecule is C=O.CC.CC.CCc1cccc(Br)c1. The standard InChI is InChI=1S/C8H9Br.2C2H6.CH2O/c1-2-7-4-3-5-8(9)6-7;3*1-2/h3-6H,2H2,1H3;2*1-2H3;1H2. The maximum absolute atomic E-state index is 8.00. The fourth-order valence-electron chi connectivity index (χ4n) is 0.757. The molecule has 0 saturated heterocycles. The van der Waals surface area contributed by atoms with E-state index in [1.165, 1.54) is 10.0 Å². The lowest BCUT2D eigenvalue weighted by Gasteiger charge is -1.94. The average molecular weight is 275 g/mol. The minimum Gasteiger partial charge on any atom is -0.307 e. The molecule has 0 amide bonds. The van der Waals surface area contributed by atoms with Gasteiger partial charge in [-0.2, -0.15) is 0 Å². The Hall–Kier alpha value is -0.630. The molecule has 1 nitrogen and oxygen atoms in total. The number of hydrogen-bond donors (Lipinski definition) is 0. The Morgan fingerprint density at radius 3 is 1.87 bits per heavy atom. The molecule has 15 heavy (non-hydrogen) atoms. The van der Waals surface area contributed by atoms with Gasteiger partial charge in [0.05, 0.1) is 0 Å². The van der Waals surface area contributed by atoms with Gasteiger partial charge in [-0.15, -0.1) is 0 Å². The third-order valence-corrected chi connectivity index (χ3v) is 1.79. The fraction of sp³-hybridized carbons (Fsp3) is 0.462. The van der Waals surface area contributed by atoms with Crippen LogP contribution in [0.4, 0.5) is 0 Å². The second kappa shape index (κ2) is 19.0. The zero-order valence-electron chi connectivity index (χ0n) is 10.5. The molecular formula is C13H23BrO. The van der Waals surface area contributed by atoms with Crippen molar-refractivity contribution in [3.05, 3.63) is 34.3 Å². The van der Waals surface area contributed by atoms with Crippen molar-refractivity contribution in [1.29, 1.82) is 0 Å². The van der Waals surface area contributed by atoms with E-state index in [0.717, 1.165) is 6.42 Å². The number of hydrogen-bond acceptors (Lipinski definition) is 1. The molecule has 0 bridgehead atoms. The molecule has 0 atom stereocenters. The maximum atomic E-state index is 8.00. The van der Waals surface area contributed by atoms with Crippen LogP contribution in [0, 0.1) is 0 Å². The lowest BCUT2D eigenvalue weighted by atomic mass is 10.2. The second-order valence-corrected chi connectivity index (χ2v) is 2.90. The zero-order chi connectivity index (χ0) is 12.7. The van der Waals surface area contributed by atoms with E-state index in [0.29, 0.717) is 0 Å². The van der Waals surface area contributed by atoms with Crippen LogP contribution in [0.25, 0.3) is 0 Å². The third kappa shape index (κ3) is 13.4. The summed E-state index contributed by atoms with van der Waals surface area (Å²) in [6.07, 6.45) is 1.11. The van der Waals surface area contributed by atoms with Gasteiger partial charge in [0.15, 0.2) is 0 Å². The van der Waals surface area contributed by atoms with Gasteiger partial charge in [-0.1, -0.05) is 62.7 Å². The third-order valence-electron chi connectivity index (χ3n) is 1.30. The highest BCUT2D eigenvalue weighted by molar-refractivity contribution is 9.10. The summed E-state index contributed by atoms with van der Waals surface area (Å²) in [6, 6.07) is 8.37. The van der Waals surface area contributed by atoms with Crippen molar-refractivity contribution in [2.75, 3.05) is 0 Å². The highest BCUT2D eigenvalue weighted by Crippen LogP contribution is 2.11. The molecule has 0 heterocycles. The van der Waals surface area contributed by atoms with Crippen molar-refractivity contribution in [1.82, 2.24) is 0 Å². The van der Waals surface area contributed by atoms with Crippen LogP contribution in [0.2, 0.25) is 0 Å². The first-order valence-corrected chi connectivity index (χ1v) is 6.15. The molecule has 0 spiro atoms. The summed E-state index contributed by atoms with van der Waals surface area (Å²) in [4.78, 5) is 8.00. The fourth-order valence-corrected chi connectivity index (χ4v) is 1.20. The molecular weight excluding hydrogens is 252 g/mol. The van der Waals surface area contributed by atoms with Crippen LogP contribution in [0.1, 0.15) is 40.2 Å². The Morgan fingerprint density at radius 2 is 1.60 bits per heavy atom. The van der Waals surface area contributed by atoms with Crippen LogP contribution in [0.15, 0.2) is 28.7 Å². The van der Waals surface area contributed by atoms with E-state index in [1.807, 2.05) is 40.6 Å². The lowest BCUT2D eigenvalue weighted by molar-refractivity contribution is -0.0979. The van der Waals surface area contributed by atoms with Gasteiger partial charge in [0.25, 0.3) is 0 Å². The molecule has 0 saturated carbocycles. The lowest BCUT2D eigenvalue weighted by Crippen LogP contribution is -1.76. The Bertz CT molecular complexity index is 211. The van der Waals surface area contributed by atoms with Gasteiger partial charge in [-0.25, -0.2) is 0 Å². The van der Waals surface area contributed by atoms with Crippen LogP contribution < -0.4 is 0 Å². The predicted molar refractivity (Wildman–Crippen MR) is 73.3 cm³/mol. The number of aryl methyl sites for hydroxylation is 1. The van der Waals surface area contributed by atoms with Gasteiger partial charge >= 0.3 is 0 Å². The highest BCUT2D eigenvalue weighted by Gasteiger charge is 1.87. The molecule has 0 radical (unpaired) electrons. The van der Waals surface area contributed by atoms with Crippen LogP contribution in [0.3, 0.4) is 0 Å². The minimum atomic E-state index is 1.11. The minimum absolute atomic E-state index is 1.11. The number of rotatable bonds is 1. The Morgan fingerprint density at radius 1 is 1.13 bits per heavy atom. The summed E-state index contributed by atoms with van der Waals surface area (Å²) in [7, 11) is 0. The predicted octanol–water partition coefficient (Wildman–Crippen LogP) is 4.88. The summed E-state index contributed by atoms with van der Waals surface area (Å²) in [5.41, 5.74) is 1.38. The van der Waals surface area contributed by atoms with Crippen molar-refractivity contribution in [2.24, 2.45) is 0 Å². The summed E-state index contributed by atoms with van der Waals surface area (Å²) in [5, 5.41) is 0. The second-order valence-electron chi connectivity index (χ2n) is 1.98. The van der Waals surface area contributed by atoms with E-state index in [2.05, 4.69) is 41.1 Å². The molecule has 0 fully saturated rings. The van der Waals surface area contributed by atoms with E-state index >= 15 is 0 Å². The van der Waals surface area contributed by atoms with Gasteiger partial charge in [0.2, 0.25) is 0 Å². The molecule has 2 heteroatoms. The van der Waals surface area contributed by atoms with Gasteiger partial charge in [0.1, 0.15) is 6.79 Å². The average Bonchev–Trinajstić information content (AvgIpc) is 2.36. The highest BCUT2D eigenvalue weighted by atomic mass is 79.9. The first-order chi connectivity index (χ1) is 7.33. The molecule has 1 aromatic rings. The summed E-state index contributed by atoms with van der Waals surface area (Å²) in [6.45, 7) is 12.2. The van der Waals surface area contributed by atoms with Crippen molar-refractivity contribution >= 4 is 22.7 Å². The number of benzene rings is 1. The molecule has 0 aliphatic heterocycles. The van der Waals surface area contributed by atoms with Crippen LogP contribution >= 0.6 is 15.9 Å². The first-order valence-electron chi connectivity index (χ1n) is 5.36. The van der Waals surface area contributed by atoms with E-state index in [9.17, 15) is 0 Å². The summed E-state index contributed by atoms with van der Waals surface area (Å²) < 4.78 is 1.17. The number of carbonyl (C=O) groups is 1. The van der Waals surface area contributed by atoms with E-state index in [1.54, 1.807) is 0 Å². The Labute approximate surface area is 103 Å². The first kappa shape index (κ1) is 19.9. The molecule has 0 aliphatic rings. The monoisotopic (exact) mass is 274 g/mol. The molecule has 0 aromatic heterocycles. The number of carbonyl (C=O) groups excluding carboxylic acids is 1. The molecule has 0 N–H and O–H groups in total. The Kier molecular flexibility index (Phi) is 25.2. The van der Waals surface area contributed by atoms with Gasteiger partial charge in [-0.05, 0) is 24.1 Å². The van der Waals surface area contributed by atoms with Crippen LogP contribution in [-0.4, -0.2) is 6.79 Å². The van der Waals surface area contributed by atoms with Gasteiger partial charge < -0.3 is 4.79 Å². The van der Waals surface area contributed by atoms with Crippen molar-refractivity contribution in [3.63, 3.8) is 0 Å². The summed E-state index contributed by atoms with van der Waals surface area (Å²) >= 11 is 3.40. The largest absolute Gasteiger partial charge is 0.307 e. The van der Waals surface area contributed by atoms with Crippen molar-refractivity contribution in [2.45, 2.75) is 41.0 Å². The van der Waals surface area contributed by atoms with Gasteiger partial charge in [-0.3, -0.25) is 0 Å². The van der Waals surface area contributed by atoms with Crippen molar-refractivity contribution < 1.29 is 4.79 Å². The summed E-state index contributed by atoms with van der Waals surface area (Å²) in [5.74, 6) is 0. The van der Waals surface area contributed by atoms with Crippen molar-refractivity contribution in [3.8, 4) is 0 Å². The van der Waals surface area contributed by atoms with E-state index in [4.69, 9.17) is 4.79 Å². The van der Waals surface area contributed by atoms with Crippen LogP contribution in [0.5, 0.6) is 0 Å². The molecule has 1 rings (SSSR count). The topological polar surface area (TPSA) is 17.1 Å². The number of halogens is 1. The molecule has 0 unspecified atom stereocenters. The van der Waals surface area contributed by atoms with E-state index < -0.39 is 0 Å². The normalized spacial score (nSPS) is 6.80. The van der Waals surface area contributed by atoms with Crippen LogP contribution in [-0.2, 0) is 11.2 Å². The molecule has 88 valence electrons. The quantitative estimate of drug-likeness (QED) is 0.714. The zero-order valence-corrected chi connectivity index (χ0v) is 12.1. The smallest absolute Gasteiger partial charge is 0.106 e. The van der Waals surface area contributed by atoms with E-state index in [-0.39, 0.29) is 0 Å². The molecule has 0 aliphatic carbocycles. The van der Waals surface area contributed by atoms with Gasteiger partial charge in [0, 0.05) is 4.47 Å². The maximum Gasteiger partial charge on any atom is 0.106 e. The Balaban J connectivity index is -0.000000208. The molecule has 1 aromatic carbocycles.